The van der Waals surface area contributed by atoms with Crippen LogP contribution in [0.1, 0.15) is 19.3 Å². The molecule has 1 aromatic heterocycles. The lowest BCUT2D eigenvalue weighted by molar-refractivity contribution is -0.125. The zero-order valence-electron chi connectivity index (χ0n) is 9.55. The van der Waals surface area contributed by atoms with Gasteiger partial charge in [0, 0.05) is 13.2 Å². The normalized spacial score (nSPS) is 18.5. The number of oxime groups is 1. The number of carbonyl (C=O) groups excluding carboxylic acids is 1. The van der Waals surface area contributed by atoms with Crippen LogP contribution >= 0.6 is 0 Å². The standard InChI is InChI=1S/C10H15N5O2/c1-15-6-7(5-12-15)13-9(16)10(3-2-4-10)8(11)14-17/h5-6,17H,2-4H2,1H3,(H2,11,14)(H,13,16). The molecule has 7 nitrogen and oxygen atoms in total. The zero-order valence-corrected chi connectivity index (χ0v) is 9.55. The van der Waals surface area contributed by atoms with E-state index in [4.69, 9.17) is 10.9 Å². The highest BCUT2D eigenvalue weighted by Crippen LogP contribution is 2.42. The molecule has 1 fully saturated rings. The fourth-order valence-electron chi connectivity index (χ4n) is 1.96. The SMILES string of the molecule is Cn1cc(NC(=O)C2(/C(N)=N/O)CCC2)cn1. The number of aryl methyl sites for hydroxylation is 1. The van der Waals surface area contributed by atoms with Gasteiger partial charge in [0.15, 0.2) is 5.84 Å². The van der Waals surface area contributed by atoms with Gasteiger partial charge >= 0.3 is 0 Å². The Morgan fingerprint density at radius 1 is 1.71 bits per heavy atom. The molecule has 0 aliphatic heterocycles. The number of aromatic nitrogens is 2. The third-order valence-electron chi connectivity index (χ3n) is 3.20. The maximum atomic E-state index is 12.1. The van der Waals surface area contributed by atoms with Gasteiger partial charge in [-0.05, 0) is 12.8 Å². The Hall–Kier alpha value is -2.05. The number of hydrogen-bond donors (Lipinski definition) is 3. The van der Waals surface area contributed by atoms with Crippen molar-refractivity contribution < 1.29 is 10.0 Å². The molecule has 4 N–H and O–H groups in total. The fourth-order valence-corrected chi connectivity index (χ4v) is 1.96. The van der Waals surface area contributed by atoms with Crippen molar-refractivity contribution in [3.63, 3.8) is 0 Å². The Bertz CT molecular complexity index is 461. The topological polar surface area (TPSA) is 106 Å². The summed E-state index contributed by atoms with van der Waals surface area (Å²) in [6.45, 7) is 0. The predicted octanol–water partition coefficient (Wildman–Crippen LogP) is 0.275. The summed E-state index contributed by atoms with van der Waals surface area (Å²) >= 11 is 0. The van der Waals surface area contributed by atoms with Crippen LogP contribution in [-0.2, 0) is 11.8 Å². The predicted molar refractivity (Wildman–Crippen MR) is 61.5 cm³/mol. The molecule has 1 aliphatic carbocycles. The molecule has 1 amide bonds. The number of amides is 1. The van der Waals surface area contributed by atoms with Gasteiger partial charge in [0.1, 0.15) is 5.41 Å². The highest BCUT2D eigenvalue weighted by molar-refractivity contribution is 6.12. The Morgan fingerprint density at radius 3 is 2.82 bits per heavy atom. The van der Waals surface area contributed by atoms with E-state index in [1.54, 1.807) is 24.1 Å². The van der Waals surface area contributed by atoms with E-state index in [1.807, 2.05) is 0 Å². The van der Waals surface area contributed by atoms with Gasteiger partial charge in [-0.25, -0.2) is 0 Å². The minimum absolute atomic E-state index is 0.0230. The lowest BCUT2D eigenvalue weighted by atomic mass is 9.67. The first-order valence-corrected chi connectivity index (χ1v) is 5.36. The van der Waals surface area contributed by atoms with Crippen molar-refractivity contribution in [3.05, 3.63) is 12.4 Å². The van der Waals surface area contributed by atoms with Crippen molar-refractivity contribution >= 4 is 17.4 Å². The van der Waals surface area contributed by atoms with Gasteiger partial charge in [-0.3, -0.25) is 9.48 Å². The largest absolute Gasteiger partial charge is 0.409 e. The van der Waals surface area contributed by atoms with Crippen molar-refractivity contribution in [1.29, 1.82) is 0 Å². The van der Waals surface area contributed by atoms with Crippen molar-refractivity contribution in [2.75, 3.05) is 5.32 Å². The smallest absolute Gasteiger partial charge is 0.238 e. The quantitative estimate of drug-likeness (QED) is 0.304. The molecule has 2 rings (SSSR count). The van der Waals surface area contributed by atoms with E-state index in [1.165, 1.54) is 0 Å². The number of rotatable bonds is 3. The fraction of sp³-hybridized carbons (Fsp3) is 0.500. The molecule has 0 bridgehead atoms. The van der Waals surface area contributed by atoms with Crippen LogP contribution in [0.4, 0.5) is 5.69 Å². The minimum Gasteiger partial charge on any atom is -0.409 e. The van der Waals surface area contributed by atoms with E-state index in [0.717, 1.165) is 6.42 Å². The second kappa shape index (κ2) is 4.08. The van der Waals surface area contributed by atoms with Gasteiger partial charge in [0.05, 0.1) is 11.9 Å². The Labute approximate surface area is 98.3 Å². The van der Waals surface area contributed by atoms with Crippen LogP contribution in [0, 0.1) is 5.41 Å². The number of nitrogens with zero attached hydrogens (tertiary/aromatic N) is 3. The lowest BCUT2D eigenvalue weighted by Gasteiger charge is -2.38. The van der Waals surface area contributed by atoms with Gasteiger partial charge in [0.25, 0.3) is 0 Å². The van der Waals surface area contributed by atoms with E-state index in [-0.39, 0.29) is 11.7 Å². The molecule has 7 heteroatoms. The number of nitrogens with one attached hydrogen (secondary N) is 1. The summed E-state index contributed by atoms with van der Waals surface area (Å²) < 4.78 is 1.59. The summed E-state index contributed by atoms with van der Waals surface area (Å²) in [7, 11) is 1.76. The highest BCUT2D eigenvalue weighted by Gasteiger charge is 2.48. The molecule has 92 valence electrons. The Balaban J connectivity index is 2.14. The maximum absolute atomic E-state index is 12.1. The van der Waals surface area contributed by atoms with E-state index < -0.39 is 5.41 Å². The Morgan fingerprint density at radius 2 is 2.41 bits per heavy atom. The molecule has 0 unspecified atom stereocenters. The van der Waals surface area contributed by atoms with E-state index in [9.17, 15) is 4.79 Å². The van der Waals surface area contributed by atoms with Crippen LogP contribution in [0.5, 0.6) is 0 Å². The summed E-state index contributed by atoms with van der Waals surface area (Å²) in [6, 6.07) is 0. The number of carbonyl (C=O) groups is 1. The van der Waals surface area contributed by atoms with Gasteiger partial charge in [0.2, 0.25) is 5.91 Å². The molecule has 17 heavy (non-hydrogen) atoms. The van der Waals surface area contributed by atoms with Crippen LogP contribution in [-0.4, -0.2) is 26.7 Å². The molecule has 1 heterocycles. The maximum Gasteiger partial charge on any atom is 0.238 e. The molecular formula is C10H15N5O2. The second-order valence-corrected chi connectivity index (χ2v) is 4.28. The first-order valence-electron chi connectivity index (χ1n) is 5.36. The van der Waals surface area contributed by atoms with Gasteiger partial charge < -0.3 is 16.3 Å². The third kappa shape index (κ3) is 1.83. The lowest BCUT2D eigenvalue weighted by Crippen LogP contribution is -2.51. The number of nitrogens with two attached hydrogens (primary N) is 1. The van der Waals surface area contributed by atoms with Crippen molar-refractivity contribution in [2.45, 2.75) is 19.3 Å². The van der Waals surface area contributed by atoms with Gasteiger partial charge in [-0.15, -0.1) is 0 Å². The van der Waals surface area contributed by atoms with E-state index >= 15 is 0 Å². The first kappa shape index (κ1) is 11.4. The molecule has 1 saturated carbocycles. The van der Waals surface area contributed by atoms with Crippen LogP contribution in [0.3, 0.4) is 0 Å². The van der Waals surface area contributed by atoms with Crippen molar-refractivity contribution in [2.24, 2.45) is 23.4 Å². The van der Waals surface area contributed by atoms with Crippen LogP contribution in [0.25, 0.3) is 0 Å². The average Bonchev–Trinajstić information content (AvgIpc) is 2.62. The zero-order chi connectivity index (χ0) is 12.5. The molecule has 0 saturated heterocycles. The van der Waals surface area contributed by atoms with E-state index in [0.29, 0.717) is 18.5 Å². The summed E-state index contributed by atoms with van der Waals surface area (Å²) in [4.78, 5) is 12.1. The van der Waals surface area contributed by atoms with Gasteiger partial charge in [-0.2, -0.15) is 5.10 Å². The Kier molecular flexibility index (Phi) is 2.74. The van der Waals surface area contributed by atoms with Crippen LogP contribution < -0.4 is 11.1 Å². The highest BCUT2D eigenvalue weighted by atomic mass is 16.4. The molecule has 0 aromatic carbocycles. The number of amidine groups is 1. The summed E-state index contributed by atoms with van der Waals surface area (Å²) in [6.07, 6.45) is 5.35. The minimum atomic E-state index is -0.857. The van der Waals surface area contributed by atoms with Crippen LogP contribution in [0.2, 0.25) is 0 Å². The second-order valence-electron chi connectivity index (χ2n) is 4.28. The monoisotopic (exact) mass is 237 g/mol. The number of hydrogen-bond acceptors (Lipinski definition) is 4. The molecule has 1 aromatic rings. The molecule has 1 aliphatic rings. The average molecular weight is 237 g/mol. The van der Waals surface area contributed by atoms with E-state index in [2.05, 4.69) is 15.6 Å². The molecule has 0 atom stereocenters. The molecular weight excluding hydrogens is 222 g/mol. The molecule has 0 spiro atoms. The summed E-state index contributed by atoms with van der Waals surface area (Å²) in [5.41, 5.74) is 5.34. The van der Waals surface area contributed by atoms with Crippen molar-refractivity contribution in [3.8, 4) is 0 Å². The summed E-state index contributed by atoms with van der Waals surface area (Å²) in [5.74, 6) is -0.266. The number of anilines is 1. The molecule has 0 radical (unpaired) electrons. The summed E-state index contributed by atoms with van der Waals surface area (Å²) in [5, 5.41) is 18.4. The van der Waals surface area contributed by atoms with Crippen molar-refractivity contribution in [1.82, 2.24) is 9.78 Å². The van der Waals surface area contributed by atoms with Gasteiger partial charge in [-0.1, -0.05) is 11.6 Å². The third-order valence-corrected chi connectivity index (χ3v) is 3.20. The first-order chi connectivity index (χ1) is 8.08. The van der Waals surface area contributed by atoms with Crippen LogP contribution in [0.15, 0.2) is 17.5 Å².